The van der Waals surface area contributed by atoms with Gasteiger partial charge in [-0.15, -0.1) is 11.3 Å². The minimum atomic E-state index is -3.90. The molecule has 3 N–H and O–H groups in total. The maximum Gasteiger partial charge on any atom is 0.338 e. The highest BCUT2D eigenvalue weighted by molar-refractivity contribution is 7.91. The fourth-order valence-corrected chi connectivity index (χ4v) is 6.51. The second kappa shape index (κ2) is 7.06. The third kappa shape index (κ3) is 3.22. The lowest BCUT2D eigenvalue weighted by molar-refractivity contribution is -0.0132. The van der Waals surface area contributed by atoms with Crippen molar-refractivity contribution in [3.05, 3.63) is 16.0 Å². The predicted octanol–water partition coefficient (Wildman–Crippen LogP) is -0.136. The van der Waals surface area contributed by atoms with E-state index in [1.165, 1.54) is 4.31 Å². The van der Waals surface area contributed by atoms with Crippen molar-refractivity contribution in [3.8, 4) is 0 Å². The van der Waals surface area contributed by atoms with Gasteiger partial charge in [-0.1, -0.05) is 0 Å². The highest BCUT2D eigenvalue weighted by Crippen LogP contribution is 2.36. The number of carbonyl (C=O) groups is 1. The van der Waals surface area contributed by atoms with Gasteiger partial charge in [-0.05, 0) is 24.9 Å². The van der Waals surface area contributed by atoms with Crippen molar-refractivity contribution in [1.29, 1.82) is 0 Å². The van der Waals surface area contributed by atoms with E-state index in [-0.39, 0.29) is 42.2 Å². The Labute approximate surface area is 144 Å². The first-order chi connectivity index (χ1) is 11.4. The summed E-state index contributed by atoms with van der Waals surface area (Å²) in [5.74, 6) is -1.20. The molecule has 1 atom stereocenters. The SMILES string of the molecule is O=C(O)c1c(S(=O)(=O)N2CCOC(CCO)C2)sc2c1CCNC2. The molecule has 24 heavy (non-hydrogen) atoms. The van der Waals surface area contributed by atoms with Gasteiger partial charge in [0.2, 0.25) is 0 Å². The van der Waals surface area contributed by atoms with Gasteiger partial charge in [-0.25, -0.2) is 13.2 Å². The number of nitrogens with zero attached hydrogens (tertiary/aromatic N) is 1. The smallest absolute Gasteiger partial charge is 0.338 e. The Balaban J connectivity index is 1.98. The molecule has 2 aliphatic heterocycles. The van der Waals surface area contributed by atoms with Crippen LogP contribution in [0.15, 0.2) is 4.21 Å². The third-order valence-electron chi connectivity index (χ3n) is 4.24. The molecular formula is C14H20N2O6S2. The van der Waals surface area contributed by atoms with Crippen LogP contribution < -0.4 is 5.32 Å². The van der Waals surface area contributed by atoms with Crippen LogP contribution in [-0.2, 0) is 27.7 Å². The molecule has 0 saturated carbocycles. The van der Waals surface area contributed by atoms with Crippen LogP contribution in [0.3, 0.4) is 0 Å². The first kappa shape index (κ1) is 17.8. The van der Waals surface area contributed by atoms with Gasteiger partial charge < -0.3 is 20.3 Å². The van der Waals surface area contributed by atoms with E-state index in [0.29, 0.717) is 31.5 Å². The van der Waals surface area contributed by atoms with Crippen LogP contribution in [0.4, 0.5) is 0 Å². The lowest BCUT2D eigenvalue weighted by atomic mass is 10.1. The van der Waals surface area contributed by atoms with E-state index < -0.39 is 16.0 Å². The zero-order chi connectivity index (χ0) is 17.3. The molecule has 0 spiro atoms. The van der Waals surface area contributed by atoms with Crippen molar-refractivity contribution >= 4 is 27.3 Å². The summed E-state index contributed by atoms with van der Waals surface area (Å²) in [6.45, 7) is 1.59. The molecule has 0 aromatic carbocycles. The van der Waals surface area contributed by atoms with Crippen molar-refractivity contribution in [1.82, 2.24) is 9.62 Å². The fraction of sp³-hybridized carbons (Fsp3) is 0.643. The van der Waals surface area contributed by atoms with Crippen molar-refractivity contribution < 1.29 is 28.2 Å². The fourth-order valence-electron chi connectivity index (χ4n) is 3.05. The Kier molecular flexibility index (Phi) is 5.23. The van der Waals surface area contributed by atoms with Gasteiger partial charge in [0.1, 0.15) is 4.21 Å². The van der Waals surface area contributed by atoms with E-state index in [9.17, 15) is 18.3 Å². The number of morpholine rings is 1. The number of carboxylic acid groups (broad SMARTS) is 1. The number of carboxylic acids is 1. The largest absolute Gasteiger partial charge is 0.478 e. The molecule has 0 bridgehead atoms. The summed E-state index contributed by atoms with van der Waals surface area (Å²) in [4.78, 5) is 12.5. The summed E-state index contributed by atoms with van der Waals surface area (Å²) in [6.07, 6.45) is 0.491. The Morgan fingerprint density at radius 1 is 1.46 bits per heavy atom. The van der Waals surface area contributed by atoms with E-state index in [0.717, 1.165) is 16.2 Å². The second-order valence-corrected chi connectivity index (χ2v) is 9.00. The van der Waals surface area contributed by atoms with Gasteiger partial charge >= 0.3 is 5.97 Å². The average Bonchev–Trinajstić information content (AvgIpc) is 2.96. The average molecular weight is 376 g/mol. The molecule has 0 amide bonds. The van der Waals surface area contributed by atoms with Gasteiger partial charge in [-0.2, -0.15) is 4.31 Å². The number of fused-ring (bicyclic) bond motifs is 1. The number of aliphatic hydroxyl groups is 1. The van der Waals surface area contributed by atoms with E-state index in [2.05, 4.69) is 5.32 Å². The van der Waals surface area contributed by atoms with E-state index in [1.807, 2.05) is 0 Å². The molecule has 3 heterocycles. The van der Waals surface area contributed by atoms with Gasteiger partial charge in [0.05, 0.1) is 18.3 Å². The molecular weight excluding hydrogens is 356 g/mol. The number of hydrogen-bond acceptors (Lipinski definition) is 7. The number of nitrogens with one attached hydrogen (secondary N) is 1. The molecule has 3 rings (SSSR count). The normalized spacial score (nSPS) is 22.3. The highest BCUT2D eigenvalue weighted by atomic mass is 32.2. The molecule has 1 fully saturated rings. The predicted molar refractivity (Wildman–Crippen MR) is 86.9 cm³/mol. The molecule has 1 saturated heterocycles. The van der Waals surface area contributed by atoms with Crippen LogP contribution in [0, 0.1) is 0 Å². The van der Waals surface area contributed by atoms with Crippen LogP contribution in [-0.4, -0.2) is 67.9 Å². The number of aliphatic hydroxyl groups excluding tert-OH is 1. The molecule has 134 valence electrons. The van der Waals surface area contributed by atoms with E-state index >= 15 is 0 Å². The van der Waals surface area contributed by atoms with E-state index in [1.54, 1.807) is 0 Å². The third-order valence-corrected chi connectivity index (χ3v) is 7.83. The Morgan fingerprint density at radius 3 is 2.96 bits per heavy atom. The molecule has 2 aliphatic rings. The van der Waals surface area contributed by atoms with Crippen LogP contribution in [0.1, 0.15) is 27.2 Å². The van der Waals surface area contributed by atoms with E-state index in [4.69, 9.17) is 9.84 Å². The molecule has 8 nitrogen and oxygen atoms in total. The second-order valence-electron chi connectivity index (χ2n) is 5.77. The van der Waals surface area contributed by atoms with Crippen molar-refractivity contribution in [2.24, 2.45) is 0 Å². The molecule has 1 aromatic rings. The van der Waals surface area contributed by atoms with Crippen molar-refractivity contribution in [2.75, 3.05) is 32.8 Å². The lowest BCUT2D eigenvalue weighted by Crippen LogP contribution is -2.45. The zero-order valence-corrected chi connectivity index (χ0v) is 14.7. The maximum atomic E-state index is 13.0. The lowest BCUT2D eigenvalue weighted by Gasteiger charge is -2.31. The van der Waals surface area contributed by atoms with Crippen LogP contribution in [0.2, 0.25) is 0 Å². The van der Waals surface area contributed by atoms with Gasteiger partial charge in [0, 0.05) is 31.1 Å². The Bertz CT molecular complexity index is 728. The summed E-state index contributed by atoms with van der Waals surface area (Å²) >= 11 is 1.04. The first-order valence-corrected chi connectivity index (χ1v) is 10.0. The summed E-state index contributed by atoms with van der Waals surface area (Å²) < 4.78 is 32.7. The molecule has 1 unspecified atom stereocenters. The van der Waals surface area contributed by atoms with Crippen LogP contribution in [0.25, 0.3) is 0 Å². The van der Waals surface area contributed by atoms with Gasteiger partial charge in [0.15, 0.2) is 0 Å². The molecule has 10 heteroatoms. The summed E-state index contributed by atoms with van der Waals surface area (Å²) in [5, 5.41) is 21.7. The summed E-state index contributed by atoms with van der Waals surface area (Å²) in [5.41, 5.74) is 0.548. The molecule has 0 aliphatic carbocycles. The van der Waals surface area contributed by atoms with Gasteiger partial charge in [-0.3, -0.25) is 0 Å². The van der Waals surface area contributed by atoms with Crippen LogP contribution in [0.5, 0.6) is 0 Å². The Hall–Kier alpha value is -1.04. The maximum absolute atomic E-state index is 13.0. The molecule has 1 aromatic heterocycles. The first-order valence-electron chi connectivity index (χ1n) is 7.76. The number of sulfonamides is 1. The number of ether oxygens (including phenoxy) is 1. The van der Waals surface area contributed by atoms with Crippen molar-refractivity contribution in [3.63, 3.8) is 0 Å². The summed E-state index contributed by atoms with van der Waals surface area (Å²) in [6, 6.07) is 0. The standard InChI is InChI=1S/C14H20N2O6S2/c17-5-2-9-8-16(4-6-22-9)24(20,21)14-12(13(18)19)10-1-3-15-7-11(10)23-14/h9,15,17H,1-8H2,(H,18,19). The number of thiophene rings is 1. The van der Waals surface area contributed by atoms with Gasteiger partial charge in [0.25, 0.3) is 10.0 Å². The van der Waals surface area contributed by atoms with Crippen molar-refractivity contribution in [2.45, 2.75) is 29.7 Å². The Morgan fingerprint density at radius 2 is 2.25 bits per heavy atom. The number of rotatable bonds is 5. The number of aromatic carboxylic acids is 1. The zero-order valence-electron chi connectivity index (χ0n) is 13.0. The quantitative estimate of drug-likeness (QED) is 0.655. The minimum Gasteiger partial charge on any atom is -0.478 e. The summed E-state index contributed by atoms with van der Waals surface area (Å²) in [7, 11) is -3.90. The number of hydrogen-bond donors (Lipinski definition) is 3. The highest BCUT2D eigenvalue weighted by Gasteiger charge is 2.37. The topological polar surface area (TPSA) is 116 Å². The molecule has 0 radical (unpaired) electrons. The monoisotopic (exact) mass is 376 g/mol. The minimum absolute atomic E-state index is 0.0818. The van der Waals surface area contributed by atoms with Crippen LogP contribution >= 0.6 is 11.3 Å².